The first-order valence-electron chi connectivity index (χ1n) is 12.9. The van der Waals surface area contributed by atoms with Crippen LogP contribution in [0.2, 0.25) is 0 Å². The lowest BCUT2D eigenvalue weighted by Crippen LogP contribution is -2.16. The third kappa shape index (κ3) is 6.99. The van der Waals surface area contributed by atoms with Crippen molar-refractivity contribution in [2.24, 2.45) is 0 Å². The Bertz CT molecular complexity index is 1480. The topological polar surface area (TPSA) is 48.7 Å². The second-order valence-corrected chi connectivity index (χ2v) is 9.69. The van der Waals surface area contributed by atoms with Gasteiger partial charge in [0.05, 0.1) is 5.39 Å². The number of hydrogen-bond acceptors (Lipinski definition) is 4. The molecule has 0 bridgehead atoms. The van der Waals surface area contributed by atoms with Crippen molar-refractivity contribution < 1.29 is 31.5 Å². The first-order valence-corrected chi connectivity index (χ1v) is 12.9. The fourth-order valence-electron chi connectivity index (χ4n) is 4.45. The molecule has 0 radical (unpaired) electrons. The first kappa shape index (κ1) is 28.2. The smallest absolute Gasteiger partial charge is 0.453 e. The third-order valence-electron chi connectivity index (χ3n) is 6.31. The maximum absolute atomic E-state index is 14.1. The second kappa shape index (κ2) is 11.9. The summed E-state index contributed by atoms with van der Waals surface area (Å²) in [6.07, 6.45) is -0.588. The number of halogens is 4. The van der Waals surface area contributed by atoms with Crippen LogP contribution in [0.15, 0.2) is 63.8 Å². The predicted molar refractivity (Wildman–Crippen MR) is 142 cm³/mol. The van der Waals surface area contributed by atoms with Gasteiger partial charge in [0.25, 0.3) is 5.76 Å². The number of ether oxygens (including phenoxy) is 2. The van der Waals surface area contributed by atoms with Crippen molar-refractivity contribution in [1.29, 1.82) is 0 Å². The number of benzene rings is 3. The molecule has 0 N–H and O–H groups in total. The van der Waals surface area contributed by atoms with Gasteiger partial charge in [-0.05, 0) is 79.3 Å². The molecule has 206 valence electrons. The highest BCUT2D eigenvalue weighted by molar-refractivity contribution is 5.81. The number of alkyl halides is 3. The molecule has 3 aromatic carbocycles. The normalized spacial score (nSPS) is 11.7. The SMILES string of the molecule is CCCCCCc1cc2c(=O)c(Oc3cc(C)cc(C)c3)c(C(F)(F)F)oc2cc1OCc1ccc(F)cc1. The Morgan fingerprint density at radius 1 is 0.897 bits per heavy atom. The largest absolute Gasteiger partial charge is 0.488 e. The van der Waals surface area contributed by atoms with Gasteiger partial charge in [0.1, 0.15) is 29.5 Å². The summed E-state index contributed by atoms with van der Waals surface area (Å²) in [5, 5.41) is -0.0259. The van der Waals surface area contributed by atoms with Gasteiger partial charge >= 0.3 is 6.18 Å². The van der Waals surface area contributed by atoms with E-state index in [1.54, 1.807) is 38.1 Å². The van der Waals surface area contributed by atoms with E-state index in [9.17, 15) is 22.4 Å². The monoisotopic (exact) mass is 542 g/mol. The van der Waals surface area contributed by atoms with E-state index in [4.69, 9.17) is 13.9 Å². The van der Waals surface area contributed by atoms with Crippen LogP contribution < -0.4 is 14.9 Å². The molecule has 8 heteroatoms. The van der Waals surface area contributed by atoms with Crippen LogP contribution in [0.3, 0.4) is 0 Å². The summed E-state index contributed by atoms with van der Waals surface area (Å²) in [6, 6.07) is 13.6. The van der Waals surface area contributed by atoms with Crippen LogP contribution in [0.5, 0.6) is 17.2 Å². The van der Waals surface area contributed by atoms with E-state index in [-0.39, 0.29) is 29.1 Å². The number of fused-ring (bicyclic) bond motifs is 1. The number of hydrogen-bond donors (Lipinski definition) is 0. The lowest BCUT2D eigenvalue weighted by Gasteiger charge is -2.16. The van der Waals surface area contributed by atoms with Crippen molar-refractivity contribution in [3.05, 3.63) is 98.7 Å². The van der Waals surface area contributed by atoms with E-state index in [1.807, 2.05) is 6.07 Å². The Morgan fingerprint density at radius 3 is 2.23 bits per heavy atom. The molecule has 0 aliphatic rings. The quantitative estimate of drug-likeness (QED) is 0.148. The van der Waals surface area contributed by atoms with Gasteiger partial charge in [0.15, 0.2) is 0 Å². The third-order valence-corrected chi connectivity index (χ3v) is 6.31. The van der Waals surface area contributed by atoms with Crippen molar-refractivity contribution in [3.8, 4) is 17.2 Å². The fraction of sp³-hybridized carbons (Fsp3) is 0.323. The molecule has 0 unspecified atom stereocenters. The summed E-state index contributed by atoms with van der Waals surface area (Å²) in [4.78, 5) is 13.5. The van der Waals surface area contributed by atoms with Gasteiger partial charge in [-0.1, -0.05) is 44.4 Å². The van der Waals surface area contributed by atoms with Gasteiger partial charge in [0, 0.05) is 6.07 Å². The van der Waals surface area contributed by atoms with E-state index >= 15 is 0 Å². The number of aryl methyl sites for hydroxylation is 3. The molecule has 0 aliphatic carbocycles. The van der Waals surface area contributed by atoms with Crippen molar-refractivity contribution in [1.82, 2.24) is 0 Å². The minimum Gasteiger partial charge on any atom is -0.488 e. The second-order valence-electron chi connectivity index (χ2n) is 9.69. The van der Waals surface area contributed by atoms with Gasteiger partial charge < -0.3 is 13.9 Å². The Morgan fingerprint density at radius 2 is 1.59 bits per heavy atom. The molecule has 0 amide bonds. The molecule has 4 rings (SSSR count). The summed E-state index contributed by atoms with van der Waals surface area (Å²) < 4.78 is 72.3. The van der Waals surface area contributed by atoms with Crippen LogP contribution in [0, 0.1) is 19.7 Å². The molecule has 39 heavy (non-hydrogen) atoms. The van der Waals surface area contributed by atoms with Crippen LogP contribution in [0.1, 0.15) is 60.6 Å². The van der Waals surface area contributed by atoms with E-state index in [0.717, 1.165) is 36.8 Å². The summed E-state index contributed by atoms with van der Waals surface area (Å²) in [6.45, 7) is 5.73. The summed E-state index contributed by atoms with van der Waals surface area (Å²) in [7, 11) is 0. The van der Waals surface area contributed by atoms with Crippen molar-refractivity contribution in [2.75, 3.05) is 0 Å². The molecular formula is C31H30F4O4. The molecular weight excluding hydrogens is 512 g/mol. The maximum atomic E-state index is 14.1. The summed E-state index contributed by atoms with van der Waals surface area (Å²) >= 11 is 0. The van der Waals surface area contributed by atoms with Crippen LogP contribution in [0.25, 0.3) is 11.0 Å². The van der Waals surface area contributed by atoms with Gasteiger partial charge in [-0.25, -0.2) is 4.39 Å². The van der Waals surface area contributed by atoms with Crippen LogP contribution in [-0.4, -0.2) is 0 Å². The number of unbranched alkanes of at least 4 members (excludes halogenated alkanes) is 3. The van der Waals surface area contributed by atoms with E-state index < -0.39 is 23.1 Å². The Hall–Kier alpha value is -3.81. The molecule has 0 atom stereocenters. The van der Waals surface area contributed by atoms with E-state index in [0.29, 0.717) is 23.3 Å². The maximum Gasteiger partial charge on any atom is 0.453 e. The summed E-state index contributed by atoms with van der Waals surface area (Å²) in [5.41, 5.74) is 1.74. The zero-order chi connectivity index (χ0) is 28.2. The molecule has 4 aromatic rings. The standard InChI is InChI=1S/C31H30F4O4/c1-4-5-6-7-8-22-16-25-27(17-26(22)37-18-21-9-11-23(32)12-10-21)39-30(31(33,34)35)29(28(25)36)38-24-14-19(2)13-20(3)15-24/h9-17H,4-8,18H2,1-3H3. The van der Waals surface area contributed by atoms with E-state index in [2.05, 4.69) is 6.92 Å². The Labute approximate surface area is 224 Å². The van der Waals surface area contributed by atoms with Crippen molar-refractivity contribution in [2.45, 2.75) is 65.7 Å². The fourth-order valence-corrected chi connectivity index (χ4v) is 4.45. The van der Waals surface area contributed by atoms with Crippen molar-refractivity contribution >= 4 is 11.0 Å². The Balaban J connectivity index is 1.80. The van der Waals surface area contributed by atoms with Crippen LogP contribution in [0.4, 0.5) is 17.6 Å². The molecule has 0 aliphatic heterocycles. The lowest BCUT2D eigenvalue weighted by atomic mass is 10.0. The predicted octanol–water partition coefficient (Wildman–Crippen LogP) is 9.06. The average Bonchev–Trinajstić information content (AvgIpc) is 2.86. The molecule has 0 spiro atoms. The zero-order valence-electron chi connectivity index (χ0n) is 22.1. The summed E-state index contributed by atoms with van der Waals surface area (Å²) in [5.74, 6) is -2.39. The minimum absolute atomic E-state index is 0.0259. The van der Waals surface area contributed by atoms with Gasteiger partial charge in [-0.3, -0.25) is 4.79 Å². The van der Waals surface area contributed by atoms with Crippen LogP contribution >= 0.6 is 0 Å². The highest BCUT2D eigenvalue weighted by atomic mass is 19.4. The molecule has 1 heterocycles. The average molecular weight is 543 g/mol. The highest BCUT2D eigenvalue weighted by Crippen LogP contribution is 2.39. The molecule has 4 nitrogen and oxygen atoms in total. The van der Waals surface area contributed by atoms with Gasteiger partial charge in [0.2, 0.25) is 11.2 Å². The van der Waals surface area contributed by atoms with Crippen molar-refractivity contribution in [3.63, 3.8) is 0 Å². The number of rotatable bonds is 10. The molecule has 0 saturated heterocycles. The first-order chi connectivity index (χ1) is 18.5. The molecule has 0 saturated carbocycles. The van der Waals surface area contributed by atoms with E-state index in [1.165, 1.54) is 24.3 Å². The van der Waals surface area contributed by atoms with Gasteiger partial charge in [-0.2, -0.15) is 13.2 Å². The highest BCUT2D eigenvalue weighted by Gasteiger charge is 2.40. The zero-order valence-corrected chi connectivity index (χ0v) is 22.1. The minimum atomic E-state index is -4.98. The molecule has 0 fully saturated rings. The molecule has 1 aromatic heterocycles. The lowest BCUT2D eigenvalue weighted by molar-refractivity contribution is -0.154. The van der Waals surface area contributed by atoms with Gasteiger partial charge in [-0.15, -0.1) is 0 Å². The van der Waals surface area contributed by atoms with Crippen LogP contribution in [-0.2, 0) is 19.2 Å². The Kier molecular flexibility index (Phi) is 8.63.